The first kappa shape index (κ1) is 16.1. The summed E-state index contributed by atoms with van der Waals surface area (Å²) in [6.45, 7) is 0. The Bertz CT molecular complexity index is 989. The van der Waals surface area contributed by atoms with Crippen molar-refractivity contribution in [2.75, 3.05) is 4.90 Å². The summed E-state index contributed by atoms with van der Waals surface area (Å²) in [4.78, 5) is 0.615. The van der Waals surface area contributed by atoms with Crippen LogP contribution in [0.25, 0.3) is 0 Å². The minimum atomic E-state index is -4.53. The molecule has 0 radical (unpaired) electrons. The maximum atomic E-state index is 12.9. The average Bonchev–Trinajstić information content (AvgIpc) is 2.54. The molecule has 0 amide bonds. The number of fused-ring (bicyclic) bond motifs is 1. The van der Waals surface area contributed by atoms with Crippen molar-refractivity contribution in [2.45, 2.75) is 11.1 Å². The second-order valence-electron chi connectivity index (χ2n) is 4.99. The summed E-state index contributed by atoms with van der Waals surface area (Å²) in [5.41, 5.74) is -0.562. The van der Waals surface area contributed by atoms with Gasteiger partial charge in [-0.3, -0.25) is 0 Å². The van der Waals surface area contributed by atoms with Gasteiger partial charge in [0.15, 0.2) is 4.91 Å². The van der Waals surface area contributed by atoms with Crippen LogP contribution in [0.15, 0.2) is 64.5 Å². The zero-order chi connectivity index (χ0) is 17.5. The van der Waals surface area contributed by atoms with E-state index < -0.39 is 26.5 Å². The number of benzene rings is 2. The molecular weight excluding hydrogens is 341 g/mol. The van der Waals surface area contributed by atoms with Gasteiger partial charge in [0.25, 0.3) is 0 Å². The van der Waals surface area contributed by atoms with Crippen LogP contribution in [0, 0.1) is 11.3 Å². The van der Waals surface area contributed by atoms with Crippen molar-refractivity contribution in [1.29, 1.82) is 5.26 Å². The van der Waals surface area contributed by atoms with Crippen LogP contribution in [0.1, 0.15) is 5.56 Å². The van der Waals surface area contributed by atoms with Crippen molar-refractivity contribution in [3.05, 3.63) is 65.2 Å². The Balaban J connectivity index is 2.24. The fraction of sp³-hybridized carbons (Fsp3) is 0.0625. The number of nitrogens with zero attached hydrogens (tertiary/aromatic N) is 2. The molecule has 2 aromatic carbocycles. The standard InChI is InChI=1S/C16H9F3N2O2S/c17-16(18,19)11-4-3-5-12(8-11)21-10-13(9-20)24(22,23)15-7-2-1-6-14(15)21/h1-8,10H. The minimum absolute atomic E-state index is 0.111. The first-order valence-electron chi connectivity index (χ1n) is 6.67. The van der Waals surface area contributed by atoms with Crippen molar-refractivity contribution in [3.63, 3.8) is 0 Å². The summed E-state index contributed by atoms with van der Waals surface area (Å²) in [6.07, 6.45) is -3.49. The zero-order valence-corrected chi connectivity index (χ0v) is 12.8. The number of alkyl halides is 3. The third-order valence-corrected chi connectivity index (χ3v) is 5.21. The summed E-state index contributed by atoms with van der Waals surface area (Å²) in [6, 6.07) is 11.9. The second-order valence-corrected chi connectivity index (χ2v) is 6.88. The van der Waals surface area contributed by atoms with E-state index in [2.05, 4.69) is 0 Å². The van der Waals surface area contributed by atoms with Crippen LogP contribution < -0.4 is 4.90 Å². The van der Waals surface area contributed by atoms with Crippen molar-refractivity contribution < 1.29 is 21.6 Å². The molecule has 0 bridgehead atoms. The molecule has 0 aliphatic carbocycles. The van der Waals surface area contributed by atoms with Crippen LogP contribution >= 0.6 is 0 Å². The molecule has 0 saturated carbocycles. The molecule has 0 spiro atoms. The lowest BCUT2D eigenvalue weighted by Gasteiger charge is -2.27. The zero-order valence-electron chi connectivity index (χ0n) is 11.9. The number of rotatable bonds is 1. The predicted octanol–water partition coefficient (Wildman–Crippen LogP) is 4.00. The third-order valence-electron chi connectivity index (χ3n) is 3.51. The van der Waals surface area contributed by atoms with E-state index in [0.717, 1.165) is 18.3 Å². The fourth-order valence-electron chi connectivity index (χ4n) is 2.39. The minimum Gasteiger partial charge on any atom is -0.314 e. The van der Waals surface area contributed by atoms with Crippen molar-refractivity contribution in [1.82, 2.24) is 0 Å². The van der Waals surface area contributed by atoms with Gasteiger partial charge in [0.05, 0.1) is 16.1 Å². The first-order valence-corrected chi connectivity index (χ1v) is 8.16. The fourth-order valence-corrected chi connectivity index (χ4v) is 3.69. The first-order chi connectivity index (χ1) is 11.2. The third kappa shape index (κ3) is 2.53. The number of halogens is 3. The van der Waals surface area contributed by atoms with E-state index in [9.17, 15) is 21.6 Å². The molecular formula is C16H9F3N2O2S. The highest BCUT2D eigenvalue weighted by Gasteiger charge is 2.34. The summed E-state index contributed by atoms with van der Waals surface area (Å²) < 4.78 is 63.4. The number of nitriles is 1. The van der Waals surface area contributed by atoms with E-state index in [4.69, 9.17) is 5.26 Å². The summed E-state index contributed by atoms with van der Waals surface area (Å²) in [5.74, 6) is 0. The van der Waals surface area contributed by atoms with Gasteiger partial charge in [-0.15, -0.1) is 0 Å². The summed E-state index contributed by atoms with van der Waals surface area (Å²) in [7, 11) is -3.98. The second kappa shape index (κ2) is 5.39. The highest BCUT2D eigenvalue weighted by Crippen LogP contribution is 2.40. The summed E-state index contributed by atoms with van der Waals surface area (Å²) in [5, 5.41) is 9.10. The smallest absolute Gasteiger partial charge is 0.314 e. The number of sulfone groups is 1. The highest BCUT2D eigenvalue weighted by molar-refractivity contribution is 7.95. The molecule has 0 fully saturated rings. The van der Waals surface area contributed by atoms with Crippen LogP contribution in [0.3, 0.4) is 0 Å². The topological polar surface area (TPSA) is 61.2 Å². The maximum absolute atomic E-state index is 12.9. The molecule has 0 aromatic heterocycles. The van der Waals surface area contributed by atoms with E-state index >= 15 is 0 Å². The van der Waals surface area contributed by atoms with E-state index in [0.29, 0.717) is 0 Å². The van der Waals surface area contributed by atoms with Gasteiger partial charge >= 0.3 is 6.18 Å². The highest BCUT2D eigenvalue weighted by atomic mass is 32.2. The van der Waals surface area contributed by atoms with Crippen molar-refractivity contribution in [3.8, 4) is 6.07 Å². The molecule has 8 heteroatoms. The Kier molecular flexibility index (Phi) is 3.61. The number of hydrogen-bond acceptors (Lipinski definition) is 4. The molecule has 0 N–H and O–H groups in total. The molecule has 122 valence electrons. The van der Waals surface area contributed by atoms with Gasteiger partial charge in [0, 0.05) is 11.9 Å². The van der Waals surface area contributed by atoms with Crippen molar-refractivity contribution in [2.24, 2.45) is 0 Å². The Morgan fingerprint density at radius 1 is 1.04 bits per heavy atom. The molecule has 2 aromatic rings. The number of hydrogen-bond donors (Lipinski definition) is 0. The Labute approximate surface area is 136 Å². The van der Waals surface area contributed by atoms with Gasteiger partial charge in [-0.05, 0) is 30.3 Å². The van der Waals surface area contributed by atoms with Gasteiger partial charge in [-0.2, -0.15) is 18.4 Å². The van der Waals surface area contributed by atoms with E-state index in [-0.39, 0.29) is 16.3 Å². The van der Waals surface area contributed by atoms with Gasteiger partial charge in [-0.1, -0.05) is 18.2 Å². The predicted molar refractivity (Wildman–Crippen MR) is 80.9 cm³/mol. The number of para-hydroxylation sites is 1. The van der Waals surface area contributed by atoms with Gasteiger partial charge < -0.3 is 4.90 Å². The molecule has 24 heavy (non-hydrogen) atoms. The molecule has 0 atom stereocenters. The van der Waals surface area contributed by atoms with Crippen LogP contribution in [0.2, 0.25) is 0 Å². The summed E-state index contributed by atoms with van der Waals surface area (Å²) >= 11 is 0. The lowest BCUT2D eigenvalue weighted by molar-refractivity contribution is -0.137. The lowest BCUT2D eigenvalue weighted by atomic mass is 10.1. The molecule has 4 nitrogen and oxygen atoms in total. The van der Waals surface area contributed by atoms with Gasteiger partial charge in [0.2, 0.25) is 9.84 Å². The van der Waals surface area contributed by atoms with Crippen LogP contribution in [0.4, 0.5) is 24.5 Å². The Morgan fingerprint density at radius 2 is 1.75 bits per heavy atom. The van der Waals surface area contributed by atoms with E-state index in [1.165, 1.54) is 35.2 Å². The normalized spacial score (nSPS) is 16.1. The van der Waals surface area contributed by atoms with Gasteiger partial charge in [0.1, 0.15) is 6.07 Å². The van der Waals surface area contributed by atoms with Gasteiger partial charge in [-0.25, -0.2) is 8.42 Å². The molecule has 0 saturated heterocycles. The molecule has 0 unspecified atom stereocenters. The number of allylic oxidation sites excluding steroid dienone is 1. The average molecular weight is 350 g/mol. The Morgan fingerprint density at radius 3 is 2.42 bits per heavy atom. The van der Waals surface area contributed by atoms with E-state index in [1.807, 2.05) is 0 Å². The molecule has 1 aliphatic rings. The quantitative estimate of drug-likeness (QED) is 0.780. The van der Waals surface area contributed by atoms with E-state index in [1.54, 1.807) is 12.1 Å². The van der Waals surface area contributed by atoms with Crippen LogP contribution in [-0.2, 0) is 16.0 Å². The number of anilines is 2. The SMILES string of the molecule is N#CC1=CN(c2cccc(C(F)(F)F)c2)c2ccccc2S1(=O)=O. The largest absolute Gasteiger partial charge is 0.416 e. The molecule has 1 heterocycles. The maximum Gasteiger partial charge on any atom is 0.416 e. The lowest BCUT2D eigenvalue weighted by Crippen LogP contribution is -2.21. The molecule has 1 aliphatic heterocycles. The Hall–Kier alpha value is -2.79. The monoisotopic (exact) mass is 350 g/mol. The van der Waals surface area contributed by atoms with Crippen LogP contribution in [0.5, 0.6) is 0 Å². The van der Waals surface area contributed by atoms with Crippen molar-refractivity contribution >= 4 is 21.2 Å². The van der Waals surface area contributed by atoms with Crippen LogP contribution in [-0.4, -0.2) is 8.42 Å². The molecule has 3 rings (SSSR count).